The summed E-state index contributed by atoms with van der Waals surface area (Å²) < 4.78 is 13.0. The predicted molar refractivity (Wildman–Crippen MR) is 93.4 cm³/mol. The van der Waals surface area contributed by atoms with Gasteiger partial charge in [0.25, 0.3) is 0 Å². The quantitative estimate of drug-likeness (QED) is 0.776. The highest BCUT2D eigenvalue weighted by Gasteiger charge is 2.42. The molecule has 23 heavy (non-hydrogen) atoms. The van der Waals surface area contributed by atoms with Gasteiger partial charge in [0.2, 0.25) is 0 Å². The van der Waals surface area contributed by atoms with E-state index in [1.165, 1.54) is 25.0 Å². The van der Waals surface area contributed by atoms with Crippen molar-refractivity contribution in [3.63, 3.8) is 0 Å². The lowest BCUT2D eigenvalue weighted by Gasteiger charge is -2.44. The van der Waals surface area contributed by atoms with E-state index in [1.807, 2.05) is 6.92 Å². The summed E-state index contributed by atoms with van der Waals surface area (Å²) in [4.78, 5) is 0. The molecular formula is C21H29FO. The number of benzene rings is 1. The fourth-order valence-electron chi connectivity index (χ4n) is 3.91. The molecule has 126 valence electrons. The van der Waals surface area contributed by atoms with Gasteiger partial charge in [0, 0.05) is 11.5 Å². The topological polar surface area (TPSA) is 20.2 Å². The molecule has 1 N–H and O–H groups in total. The van der Waals surface area contributed by atoms with Crippen molar-refractivity contribution in [3.05, 3.63) is 35.6 Å². The standard InChI is InChI=1S/C21H29FO/c1-5-21(23,13-12-17-7-9-18(22)10-8-17)20-14-16(4)6-11-19(20)15(2)3/h7-10,15-16,19-20,23H,5-6,11,14H2,1-4H3. The number of hydrogen-bond donors (Lipinski definition) is 1. The Bertz CT molecular complexity index is 566. The molecule has 0 bridgehead atoms. The molecule has 0 radical (unpaired) electrons. The van der Waals surface area contributed by atoms with E-state index in [0.717, 1.165) is 12.0 Å². The maximum atomic E-state index is 13.0. The average molecular weight is 316 g/mol. The molecule has 1 aliphatic carbocycles. The van der Waals surface area contributed by atoms with Crippen molar-refractivity contribution in [1.82, 2.24) is 0 Å². The molecule has 1 nitrogen and oxygen atoms in total. The monoisotopic (exact) mass is 316 g/mol. The minimum Gasteiger partial charge on any atom is -0.377 e. The molecule has 4 atom stereocenters. The van der Waals surface area contributed by atoms with Gasteiger partial charge in [-0.25, -0.2) is 4.39 Å². The van der Waals surface area contributed by atoms with Crippen LogP contribution >= 0.6 is 0 Å². The molecule has 2 rings (SSSR count). The third-order valence-electron chi connectivity index (χ3n) is 5.44. The first kappa shape index (κ1) is 18.0. The molecule has 1 aliphatic rings. The van der Waals surface area contributed by atoms with Gasteiger partial charge in [-0.3, -0.25) is 0 Å². The van der Waals surface area contributed by atoms with Crippen LogP contribution in [0.1, 0.15) is 58.9 Å². The van der Waals surface area contributed by atoms with Crippen molar-refractivity contribution in [1.29, 1.82) is 0 Å². The second-order valence-corrected chi connectivity index (χ2v) is 7.47. The third kappa shape index (κ3) is 4.36. The van der Waals surface area contributed by atoms with Crippen LogP contribution in [0.15, 0.2) is 24.3 Å². The minimum atomic E-state index is -0.960. The molecule has 0 aromatic heterocycles. The van der Waals surface area contributed by atoms with Crippen molar-refractivity contribution in [2.45, 2.75) is 59.0 Å². The van der Waals surface area contributed by atoms with E-state index in [2.05, 4.69) is 32.6 Å². The van der Waals surface area contributed by atoms with E-state index < -0.39 is 5.60 Å². The van der Waals surface area contributed by atoms with Crippen molar-refractivity contribution in [2.75, 3.05) is 0 Å². The van der Waals surface area contributed by atoms with Gasteiger partial charge < -0.3 is 5.11 Å². The smallest absolute Gasteiger partial charge is 0.128 e. The van der Waals surface area contributed by atoms with E-state index in [9.17, 15) is 9.50 Å². The Morgan fingerprint density at radius 3 is 2.48 bits per heavy atom. The molecule has 0 amide bonds. The van der Waals surface area contributed by atoms with Crippen LogP contribution in [0.3, 0.4) is 0 Å². The number of halogens is 1. The van der Waals surface area contributed by atoms with Crippen LogP contribution in [-0.4, -0.2) is 10.7 Å². The third-order valence-corrected chi connectivity index (χ3v) is 5.44. The number of hydrogen-bond acceptors (Lipinski definition) is 1. The van der Waals surface area contributed by atoms with Crippen LogP contribution in [-0.2, 0) is 0 Å². The number of rotatable bonds is 3. The Morgan fingerprint density at radius 2 is 1.91 bits per heavy atom. The molecule has 2 heteroatoms. The molecule has 0 spiro atoms. The average Bonchev–Trinajstić information content (AvgIpc) is 2.53. The van der Waals surface area contributed by atoms with Gasteiger partial charge >= 0.3 is 0 Å². The highest BCUT2D eigenvalue weighted by Crippen LogP contribution is 2.44. The highest BCUT2D eigenvalue weighted by molar-refractivity contribution is 5.36. The summed E-state index contributed by atoms with van der Waals surface area (Å²) >= 11 is 0. The highest BCUT2D eigenvalue weighted by atomic mass is 19.1. The zero-order valence-corrected chi connectivity index (χ0v) is 14.8. The largest absolute Gasteiger partial charge is 0.377 e. The Labute approximate surface area is 140 Å². The Hall–Kier alpha value is -1.33. The first-order valence-corrected chi connectivity index (χ1v) is 8.87. The fourth-order valence-corrected chi connectivity index (χ4v) is 3.91. The SMILES string of the molecule is CCC(O)(C#Cc1ccc(F)cc1)C1CC(C)CCC1C(C)C. The van der Waals surface area contributed by atoms with E-state index in [1.54, 1.807) is 12.1 Å². The number of aliphatic hydroxyl groups is 1. The zero-order chi connectivity index (χ0) is 17.0. The van der Waals surface area contributed by atoms with E-state index >= 15 is 0 Å². The van der Waals surface area contributed by atoms with Gasteiger partial charge in [-0.05, 0) is 61.3 Å². The molecule has 0 heterocycles. The van der Waals surface area contributed by atoms with Crippen LogP contribution in [0.25, 0.3) is 0 Å². The summed E-state index contributed by atoms with van der Waals surface area (Å²) in [5, 5.41) is 11.3. The van der Waals surface area contributed by atoms with Gasteiger partial charge in [0.05, 0.1) is 0 Å². The minimum absolute atomic E-state index is 0.212. The summed E-state index contributed by atoms with van der Waals surface area (Å²) in [6.07, 6.45) is 4.07. The van der Waals surface area contributed by atoms with Gasteiger partial charge in [-0.2, -0.15) is 0 Å². The van der Waals surface area contributed by atoms with E-state index in [4.69, 9.17) is 0 Å². The second-order valence-electron chi connectivity index (χ2n) is 7.47. The second kappa shape index (κ2) is 7.49. The Morgan fingerprint density at radius 1 is 1.26 bits per heavy atom. The summed E-state index contributed by atoms with van der Waals surface area (Å²) in [6.45, 7) is 8.78. The van der Waals surface area contributed by atoms with E-state index in [0.29, 0.717) is 24.2 Å². The van der Waals surface area contributed by atoms with Gasteiger partial charge in [0.15, 0.2) is 0 Å². The summed E-state index contributed by atoms with van der Waals surface area (Å²) in [5.41, 5.74) is -0.207. The molecule has 1 saturated carbocycles. The van der Waals surface area contributed by atoms with Crippen molar-refractivity contribution in [3.8, 4) is 11.8 Å². The van der Waals surface area contributed by atoms with Crippen LogP contribution in [0.5, 0.6) is 0 Å². The van der Waals surface area contributed by atoms with Gasteiger partial charge in [-0.1, -0.05) is 46.0 Å². The van der Waals surface area contributed by atoms with Gasteiger partial charge in [0.1, 0.15) is 11.4 Å². The van der Waals surface area contributed by atoms with Crippen molar-refractivity contribution in [2.24, 2.45) is 23.7 Å². The van der Waals surface area contributed by atoms with E-state index in [-0.39, 0.29) is 11.7 Å². The molecule has 1 aromatic rings. The summed E-state index contributed by atoms with van der Waals surface area (Å²) in [7, 11) is 0. The van der Waals surface area contributed by atoms with Gasteiger partial charge in [-0.15, -0.1) is 0 Å². The lowest BCUT2D eigenvalue weighted by Crippen LogP contribution is -2.45. The Balaban J connectivity index is 2.29. The maximum Gasteiger partial charge on any atom is 0.128 e. The first-order chi connectivity index (χ1) is 10.9. The molecule has 0 aliphatic heterocycles. The van der Waals surface area contributed by atoms with Crippen LogP contribution in [0.2, 0.25) is 0 Å². The molecule has 0 saturated heterocycles. The van der Waals surface area contributed by atoms with Crippen molar-refractivity contribution >= 4 is 0 Å². The van der Waals surface area contributed by atoms with Crippen LogP contribution in [0, 0.1) is 41.3 Å². The maximum absolute atomic E-state index is 13.0. The molecule has 4 unspecified atom stereocenters. The zero-order valence-electron chi connectivity index (χ0n) is 14.8. The lowest BCUT2D eigenvalue weighted by atomic mass is 9.63. The molecular weight excluding hydrogens is 287 g/mol. The molecule has 1 fully saturated rings. The molecule has 1 aromatic carbocycles. The van der Waals surface area contributed by atoms with Crippen LogP contribution in [0.4, 0.5) is 4.39 Å². The lowest BCUT2D eigenvalue weighted by molar-refractivity contribution is -0.0358. The predicted octanol–water partition coefficient (Wildman–Crippen LogP) is 5.03. The fraction of sp³-hybridized carbons (Fsp3) is 0.619. The van der Waals surface area contributed by atoms with Crippen LogP contribution < -0.4 is 0 Å². The van der Waals surface area contributed by atoms with Crippen molar-refractivity contribution < 1.29 is 9.50 Å². The summed E-state index contributed by atoms with van der Waals surface area (Å²) in [5.74, 6) is 7.86. The summed E-state index contributed by atoms with van der Waals surface area (Å²) in [6, 6.07) is 6.16. The normalized spacial score (nSPS) is 27.2. The Kier molecular flexibility index (Phi) is 5.87. The first-order valence-electron chi connectivity index (χ1n) is 8.87.